The van der Waals surface area contributed by atoms with Gasteiger partial charge in [0.25, 0.3) is 6.29 Å². The molecule has 0 amide bonds. The van der Waals surface area contributed by atoms with Crippen LogP contribution in [0.15, 0.2) is 23.8 Å². The van der Waals surface area contributed by atoms with Crippen molar-refractivity contribution in [2.45, 2.75) is 57.2 Å². The zero-order chi connectivity index (χ0) is 25.3. The maximum Gasteiger partial charge on any atom is 0.573 e. The van der Waals surface area contributed by atoms with Gasteiger partial charge in [-0.1, -0.05) is 13.0 Å². The number of alkyl halides is 7. The molecule has 1 aliphatic heterocycles. The van der Waals surface area contributed by atoms with Crippen LogP contribution >= 0.6 is 0 Å². The van der Waals surface area contributed by atoms with Crippen LogP contribution in [0.3, 0.4) is 0 Å². The molecule has 0 aromatic heterocycles. The molecular weight excluding hydrogens is 491 g/mol. The van der Waals surface area contributed by atoms with Crippen molar-refractivity contribution in [3.63, 3.8) is 0 Å². The van der Waals surface area contributed by atoms with Crippen molar-refractivity contribution in [1.82, 2.24) is 0 Å². The molecule has 2 aliphatic rings. The number of hydrogen-bond donors (Lipinski definition) is 0. The summed E-state index contributed by atoms with van der Waals surface area (Å²) in [6.45, 7) is 0.416. The molecule has 1 aromatic rings. The molecule has 0 N–H and O–H groups in total. The molecule has 14 heteroatoms. The molecule has 3 rings (SSSR count). The van der Waals surface area contributed by atoms with E-state index in [0.29, 0.717) is 12.8 Å². The van der Waals surface area contributed by atoms with Gasteiger partial charge in [-0.05, 0) is 25.2 Å². The van der Waals surface area contributed by atoms with Crippen LogP contribution in [0, 0.1) is 17.6 Å². The van der Waals surface area contributed by atoms with Crippen LogP contribution in [0.1, 0.15) is 26.2 Å². The number of ether oxygens (including phenoxy) is 5. The maximum absolute atomic E-state index is 14.3. The van der Waals surface area contributed by atoms with Crippen molar-refractivity contribution >= 4 is 0 Å². The largest absolute Gasteiger partial charge is 0.573 e. The van der Waals surface area contributed by atoms with E-state index in [4.69, 9.17) is 9.47 Å². The summed E-state index contributed by atoms with van der Waals surface area (Å²) in [5.74, 6) is -6.74. The Bertz CT molecular complexity index is 872. The fourth-order valence-corrected chi connectivity index (χ4v) is 3.28. The van der Waals surface area contributed by atoms with Gasteiger partial charge in [-0.25, -0.2) is 8.78 Å². The predicted octanol–water partition coefficient (Wildman–Crippen LogP) is 5.93. The third kappa shape index (κ3) is 6.69. The third-order valence-corrected chi connectivity index (χ3v) is 4.95. The first-order chi connectivity index (χ1) is 15.7. The van der Waals surface area contributed by atoms with Gasteiger partial charge < -0.3 is 23.7 Å². The van der Waals surface area contributed by atoms with Gasteiger partial charge in [0.05, 0.1) is 13.2 Å². The zero-order valence-corrected chi connectivity index (χ0v) is 17.4. The third-order valence-electron chi connectivity index (χ3n) is 4.95. The Labute approximate surface area is 187 Å². The molecule has 1 aliphatic carbocycles. The highest BCUT2D eigenvalue weighted by atomic mass is 19.4. The van der Waals surface area contributed by atoms with Gasteiger partial charge in [-0.15, -0.1) is 13.2 Å². The molecule has 0 spiro atoms. The van der Waals surface area contributed by atoms with Crippen LogP contribution in [0.2, 0.25) is 0 Å². The molecule has 0 radical (unpaired) electrons. The second-order valence-electron chi connectivity index (χ2n) is 7.79. The highest BCUT2D eigenvalue weighted by Crippen LogP contribution is 2.38. The second kappa shape index (κ2) is 9.82. The molecule has 1 atom stereocenters. The minimum Gasteiger partial charge on any atom is -0.429 e. The zero-order valence-electron chi connectivity index (χ0n) is 17.4. The second-order valence-corrected chi connectivity index (χ2v) is 7.79. The Balaban J connectivity index is 1.58. The summed E-state index contributed by atoms with van der Waals surface area (Å²) in [5.41, 5.74) is -0.233. The first-order valence-corrected chi connectivity index (χ1v) is 9.96. The summed E-state index contributed by atoms with van der Waals surface area (Å²) in [7, 11) is 0. The maximum atomic E-state index is 14.3. The number of halogens is 9. The molecule has 0 saturated carbocycles. The van der Waals surface area contributed by atoms with Gasteiger partial charge in [-0.2, -0.15) is 17.6 Å². The number of benzene rings is 1. The standard InChI is InChI=1S/C20H19F9O5/c1-10-2-4-11(5-3-10)18(23,24)33-13-8-30-17(31-9-13)19(25,26)32-12-6-14(21)16(15(22)7-12)34-20(27,28)29/h4,6-7,10,13,17H,2-3,5,8-9H2,1H3. The van der Waals surface area contributed by atoms with Crippen LogP contribution in [-0.2, 0) is 14.2 Å². The molecular formula is C20H19F9O5. The Morgan fingerprint density at radius 3 is 2.00 bits per heavy atom. The minimum absolute atomic E-state index is 0.0338. The Morgan fingerprint density at radius 1 is 0.912 bits per heavy atom. The highest BCUT2D eigenvalue weighted by molar-refractivity contribution is 5.35. The monoisotopic (exact) mass is 510 g/mol. The fraction of sp³-hybridized carbons (Fsp3) is 0.600. The van der Waals surface area contributed by atoms with E-state index in [2.05, 4.69) is 14.2 Å². The summed E-state index contributed by atoms with van der Waals surface area (Å²) in [5, 5.41) is 0. The van der Waals surface area contributed by atoms with Gasteiger partial charge in [0.2, 0.25) is 5.75 Å². The average Bonchev–Trinajstić information content (AvgIpc) is 2.70. The molecule has 1 heterocycles. The van der Waals surface area contributed by atoms with Crippen LogP contribution in [0.4, 0.5) is 39.5 Å². The van der Waals surface area contributed by atoms with Crippen molar-refractivity contribution < 1.29 is 63.2 Å². The fourth-order valence-electron chi connectivity index (χ4n) is 3.28. The highest BCUT2D eigenvalue weighted by Gasteiger charge is 2.49. The van der Waals surface area contributed by atoms with Crippen LogP contribution in [0.5, 0.6) is 11.5 Å². The smallest absolute Gasteiger partial charge is 0.429 e. The Morgan fingerprint density at radius 2 is 1.50 bits per heavy atom. The van der Waals surface area contributed by atoms with E-state index in [9.17, 15) is 39.5 Å². The summed E-state index contributed by atoms with van der Waals surface area (Å²) in [4.78, 5) is 0. The summed E-state index contributed by atoms with van der Waals surface area (Å²) in [6, 6.07) is 0.0677. The lowest BCUT2D eigenvalue weighted by Crippen LogP contribution is -2.50. The van der Waals surface area contributed by atoms with Crippen LogP contribution in [0.25, 0.3) is 0 Å². The van der Waals surface area contributed by atoms with E-state index in [0.717, 1.165) is 0 Å². The van der Waals surface area contributed by atoms with Crippen molar-refractivity contribution in [3.05, 3.63) is 35.4 Å². The number of rotatable bonds is 7. The van der Waals surface area contributed by atoms with Gasteiger partial charge in [-0.3, -0.25) is 0 Å². The SMILES string of the molecule is CC1CC=C(C(F)(F)OC2COC(C(F)(F)Oc3cc(F)c(OC(F)(F)F)c(F)c3)OC2)CC1. The lowest BCUT2D eigenvalue weighted by molar-refractivity contribution is -0.371. The summed E-state index contributed by atoms with van der Waals surface area (Å²) >= 11 is 0. The molecule has 34 heavy (non-hydrogen) atoms. The molecule has 1 unspecified atom stereocenters. The van der Waals surface area contributed by atoms with Crippen molar-refractivity contribution in [1.29, 1.82) is 0 Å². The molecule has 1 aromatic carbocycles. The van der Waals surface area contributed by atoms with Gasteiger partial charge >= 0.3 is 18.6 Å². The number of allylic oxidation sites excluding steroid dienone is 1. The van der Waals surface area contributed by atoms with E-state index >= 15 is 0 Å². The van der Waals surface area contributed by atoms with E-state index in [1.165, 1.54) is 6.08 Å². The normalized spacial score (nSPS) is 24.5. The topological polar surface area (TPSA) is 46.2 Å². The van der Waals surface area contributed by atoms with E-state index < -0.39 is 67.3 Å². The molecule has 1 fully saturated rings. The Hall–Kier alpha value is -2.19. The Kier molecular flexibility index (Phi) is 7.63. The molecule has 192 valence electrons. The minimum atomic E-state index is -5.43. The van der Waals surface area contributed by atoms with Gasteiger partial charge in [0, 0.05) is 17.7 Å². The van der Waals surface area contributed by atoms with E-state index in [-0.39, 0.29) is 30.0 Å². The van der Waals surface area contributed by atoms with E-state index in [1.54, 1.807) is 0 Å². The number of hydrogen-bond acceptors (Lipinski definition) is 5. The van der Waals surface area contributed by atoms with Crippen LogP contribution in [-0.4, -0.2) is 44.2 Å². The van der Waals surface area contributed by atoms with Crippen molar-refractivity contribution in [2.75, 3.05) is 13.2 Å². The predicted molar refractivity (Wildman–Crippen MR) is 95.2 cm³/mol. The average molecular weight is 510 g/mol. The van der Waals surface area contributed by atoms with Crippen molar-refractivity contribution in [3.8, 4) is 11.5 Å². The molecule has 5 nitrogen and oxygen atoms in total. The van der Waals surface area contributed by atoms with Gasteiger partial charge in [0.15, 0.2) is 11.6 Å². The van der Waals surface area contributed by atoms with Crippen LogP contribution < -0.4 is 9.47 Å². The first kappa shape index (κ1) is 26.4. The molecule has 1 saturated heterocycles. The lowest BCUT2D eigenvalue weighted by Gasteiger charge is -2.35. The summed E-state index contributed by atoms with van der Waals surface area (Å²) in [6.07, 6.45) is -14.9. The van der Waals surface area contributed by atoms with Gasteiger partial charge in [0.1, 0.15) is 11.9 Å². The first-order valence-electron chi connectivity index (χ1n) is 9.96. The summed E-state index contributed by atoms with van der Waals surface area (Å²) < 4.78 is 142. The lowest BCUT2D eigenvalue weighted by atomic mass is 9.90. The van der Waals surface area contributed by atoms with E-state index in [1.807, 2.05) is 6.92 Å². The quantitative estimate of drug-likeness (QED) is 0.336. The van der Waals surface area contributed by atoms with Crippen molar-refractivity contribution in [2.24, 2.45) is 5.92 Å². The molecule has 0 bridgehead atoms.